The number of nitrogens with two attached hydrogens (primary N) is 1. The number of carbonyl (C=O) groups excluding carboxylic acids is 1. The molecule has 0 fully saturated rings. The summed E-state index contributed by atoms with van der Waals surface area (Å²) >= 11 is 5.93. The third kappa shape index (κ3) is 3.27. The number of likely N-dealkylation sites (N-methyl/N-ethyl adjacent to an activating group) is 1. The number of rotatable bonds is 4. The van der Waals surface area contributed by atoms with Crippen molar-refractivity contribution < 1.29 is 9.18 Å². The Morgan fingerprint density at radius 1 is 1.50 bits per heavy atom. The second kappa shape index (κ2) is 5.92. The maximum atomic E-state index is 13.6. The van der Waals surface area contributed by atoms with Crippen molar-refractivity contribution in [3.63, 3.8) is 0 Å². The summed E-state index contributed by atoms with van der Waals surface area (Å²) in [6.45, 7) is 0.140. The van der Waals surface area contributed by atoms with Gasteiger partial charge in [0.25, 0.3) is 0 Å². The van der Waals surface area contributed by atoms with Crippen LogP contribution in [0.4, 0.5) is 10.2 Å². The highest BCUT2D eigenvalue weighted by Gasteiger charge is 2.14. The average molecular weight is 297 g/mol. The minimum Gasteiger partial charge on any atom is -0.382 e. The molecule has 0 saturated heterocycles. The molecule has 106 valence electrons. The Labute approximate surface area is 120 Å². The van der Waals surface area contributed by atoms with Crippen LogP contribution in [0.15, 0.2) is 30.5 Å². The summed E-state index contributed by atoms with van der Waals surface area (Å²) in [5.74, 6) is -0.300. The van der Waals surface area contributed by atoms with Crippen molar-refractivity contribution in [2.45, 2.75) is 13.1 Å². The van der Waals surface area contributed by atoms with Gasteiger partial charge in [-0.1, -0.05) is 17.7 Å². The van der Waals surface area contributed by atoms with Crippen LogP contribution >= 0.6 is 11.6 Å². The molecule has 0 saturated carbocycles. The van der Waals surface area contributed by atoms with Crippen LogP contribution in [0.2, 0.25) is 5.02 Å². The highest BCUT2D eigenvalue weighted by Crippen LogP contribution is 2.20. The van der Waals surface area contributed by atoms with Gasteiger partial charge in [-0.2, -0.15) is 5.10 Å². The second-order valence-electron chi connectivity index (χ2n) is 4.39. The Kier molecular flexibility index (Phi) is 4.24. The van der Waals surface area contributed by atoms with Gasteiger partial charge >= 0.3 is 0 Å². The molecule has 1 aromatic heterocycles. The first-order valence-corrected chi connectivity index (χ1v) is 6.31. The van der Waals surface area contributed by atoms with Crippen molar-refractivity contribution in [1.29, 1.82) is 0 Å². The molecule has 2 rings (SSSR count). The number of hydrogen-bond donors (Lipinski definition) is 1. The van der Waals surface area contributed by atoms with Crippen molar-refractivity contribution in [2.24, 2.45) is 0 Å². The molecular weight excluding hydrogens is 283 g/mol. The largest absolute Gasteiger partial charge is 0.382 e. The highest BCUT2D eigenvalue weighted by molar-refractivity contribution is 6.31. The van der Waals surface area contributed by atoms with Gasteiger partial charge in [-0.05, 0) is 18.2 Å². The number of nitrogens with zero attached hydrogens (tertiary/aromatic N) is 3. The zero-order valence-corrected chi connectivity index (χ0v) is 11.6. The molecule has 1 aromatic carbocycles. The van der Waals surface area contributed by atoms with Crippen LogP contribution < -0.4 is 5.73 Å². The van der Waals surface area contributed by atoms with E-state index in [-0.39, 0.29) is 19.0 Å². The molecule has 0 atom stereocenters. The van der Waals surface area contributed by atoms with Gasteiger partial charge in [0.1, 0.15) is 18.2 Å². The minimum absolute atomic E-state index is 0.0414. The fourth-order valence-corrected chi connectivity index (χ4v) is 1.96. The molecule has 0 spiro atoms. The van der Waals surface area contributed by atoms with Gasteiger partial charge in [0.15, 0.2) is 0 Å². The van der Waals surface area contributed by atoms with Crippen LogP contribution in [0.25, 0.3) is 0 Å². The standard InChI is InChI=1S/C13H14ClFN4O/c1-18(7-9-10(14)3-2-4-11(9)15)13(20)8-19-6-5-12(16)17-19/h2-6H,7-8H2,1H3,(H2,16,17). The quantitative estimate of drug-likeness (QED) is 0.937. The van der Waals surface area contributed by atoms with Crippen LogP contribution in [0, 0.1) is 5.82 Å². The smallest absolute Gasteiger partial charge is 0.244 e. The lowest BCUT2D eigenvalue weighted by atomic mass is 10.2. The molecule has 1 amide bonds. The van der Waals surface area contributed by atoms with E-state index in [0.29, 0.717) is 16.4 Å². The summed E-state index contributed by atoms with van der Waals surface area (Å²) in [4.78, 5) is 13.4. The second-order valence-corrected chi connectivity index (χ2v) is 4.80. The maximum absolute atomic E-state index is 13.6. The molecular formula is C13H14ClFN4O. The van der Waals surface area contributed by atoms with Gasteiger partial charge < -0.3 is 10.6 Å². The Hall–Kier alpha value is -2.08. The predicted octanol–water partition coefficient (Wildman–Crippen LogP) is 1.92. The fourth-order valence-electron chi connectivity index (χ4n) is 1.73. The van der Waals surface area contributed by atoms with Crippen molar-refractivity contribution >= 4 is 23.3 Å². The Balaban J connectivity index is 2.04. The van der Waals surface area contributed by atoms with Gasteiger partial charge in [0.05, 0.1) is 0 Å². The number of carbonyl (C=O) groups is 1. The van der Waals surface area contributed by atoms with E-state index in [1.807, 2.05) is 0 Å². The first-order chi connectivity index (χ1) is 9.47. The number of benzene rings is 1. The lowest BCUT2D eigenvalue weighted by Crippen LogP contribution is -2.30. The lowest BCUT2D eigenvalue weighted by Gasteiger charge is -2.18. The minimum atomic E-state index is -0.430. The van der Waals surface area contributed by atoms with Crippen molar-refractivity contribution in [3.05, 3.63) is 46.9 Å². The van der Waals surface area contributed by atoms with E-state index in [9.17, 15) is 9.18 Å². The molecule has 2 aromatic rings. The molecule has 5 nitrogen and oxygen atoms in total. The number of amides is 1. The SMILES string of the molecule is CN(Cc1c(F)cccc1Cl)C(=O)Cn1ccc(N)n1. The van der Waals surface area contributed by atoms with Gasteiger partial charge in [0, 0.05) is 30.4 Å². The van der Waals surface area contributed by atoms with Crippen LogP contribution in [0.5, 0.6) is 0 Å². The molecule has 2 N–H and O–H groups in total. The van der Waals surface area contributed by atoms with Crippen molar-refractivity contribution in [1.82, 2.24) is 14.7 Å². The molecule has 1 heterocycles. The topological polar surface area (TPSA) is 64.2 Å². The first-order valence-electron chi connectivity index (χ1n) is 5.93. The Morgan fingerprint density at radius 2 is 2.25 bits per heavy atom. The number of hydrogen-bond acceptors (Lipinski definition) is 3. The number of aromatic nitrogens is 2. The summed E-state index contributed by atoms with van der Waals surface area (Å²) in [6.07, 6.45) is 1.61. The van der Waals surface area contributed by atoms with E-state index >= 15 is 0 Å². The van der Waals surface area contributed by atoms with Crippen LogP contribution in [0.3, 0.4) is 0 Å². The van der Waals surface area contributed by atoms with Gasteiger partial charge in [-0.25, -0.2) is 4.39 Å². The molecule has 0 aliphatic carbocycles. The van der Waals surface area contributed by atoms with Crippen LogP contribution in [0.1, 0.15) is 5.56 Å². The molecule has 0 aliphatic rings. The third-order valence-electron chi connectivity index (χ3n) is 2.84. The highest BCUT2D eigenvalue weighted by atomic mass is 35.5. The van der Waals surface area contributed by atoms with Crippen molar-refractivity contribution in [3.8, 4) is 0 Å². The maximum Gasteiger partial charge on any atom is 0.244 e. The molecule has 0 bridgehead atoms. The third-order valence-corrected chi connectivity index (χ3v) is 3.20. The Bertz CT molecular complexity index is 608. The lowest BCUT2D eigenvalue weighted by molar-refractivity contribution is -0.131. The van der Waals surface area contributed by atoms with E-state index < -0.39 is 5.82 Å². The number of anilines is 1. The zero-order valence-electron chi connectivity index (χ0n) is 10.9. The van der Waals surface area contributed by atoms with E-state index in [1.54, 1.807) is 25.4 Å². The number of nitrogen functional groups attached to an aromatic ring is 1. The summed E-state index contributed by atoms with van der Waals surface area (Å²) < 4.78 is 15.1. The van der Waals surface area contributed by atoms with E-state index in [1.165, 1.54) is 21.7 Å². The average Bonchev–Trinajstić information content (AvgIpc) is 2.79. The first kappa shape index (κ1) is 14.3. The van der Waals surface area contributed by atoms with Gasteiger partial charge in [-0.3, -0.25) is 9.48 Å². The molecule has 0 radical (unpaired) electrons. The number of halogens is 2. The summed E-state index contributed by atoms with van der Waals surface area (Å²) in [5.41, 5.74) is 5.77. The van der Waals surface area contributed by atoms with Crippen LogP contribution in [-0.2, 0) is 17.9 Å². The summed E-state index contributed by atoms with van der Waals surface area (Å²) in [6, 6.07) is 6.02. The fraction of sp³-hybridized carbons (Fsp3) is 0.231. The molecule has 0 unspecified atom stereocenters. The monoisotopic (exact) mass is 296 g/mol. The zero-order chi connectivity index (χ0) is 14.7. The summed E-state index contributed by atoms with van der Waals surface area (Å²) in [5, 5.41) is 4.22. The summed E-state index contributed by atoms with van der Waals surface area (Å²) in [7, 11) is 1.58. The van der Waals surface area contributed by atoms with Gasteiger partial charge in [0.2, 0.25) is 5.91 Å². The van der Waals surface area contributed by atoms with Crippen LogP contribution in [-0.4, -0.2) is 27.6 Å². The Morgan fingerprint density at radius 3 is 2.85 bits per heavy atom. The molecule has 20 heavy (non-hydrogen) atoms. The van der Waals surface area contributed by atoms with Crippen molar-refractivity contribution in [2.75, 3.05) is 12.8 Å². The van der Waals surface area contributed by atoms with E-state index in [0.717, 1.165) is 0 Å². The van der Waals surface area contributed by atoms with E-state index in [2.05, 4.69) is 5.10 Å². The van der Waals surface area contributed by atoms with Gasteiger partial charge in [-0.15, -0.1) is 0 Å². The predicted molar refractivity (Wildman–Crippen MR) is 74.5 cm³/mol. The molecule has 0 aliphatic heterocycles. The van der Waals surface area contributed by atoms with E-state index in [4.69, 9.17) is 17.3 Å². The normalized spacial score (nSPS) is 10.6. The molecule has 7 heteroatoms.